The average molecular weight is 368 g/mol. The molecular formula is C18H20N6OS. The molecule has 1 aliphatic rings. The van der Waals surface area contributed by atoms with Gasteiger partial charge in [-0.1, -0.05) is 17.8 Å². The van der Waals surface area contributed by atoms with Crippen molar-refractivity contribution in [2.45, 2.75) is 30.8 Å². The number of nitrogens with zero attached hydrogens (tertiary/aromatic N) is 6. The monoisotopic (exact) mass is 368 g/mol. The highest BCUT2D eigenvalue weighted by molar-refractivity contribution is 7.99. The molecule has 0 radical (unpaired) electrons. The van der Waals surface area contributed by atoms with Crippen LogP contribution in [0.4, 0.5) is 0 Å². The molecule has 26 heavy (non-hydrogen) atoms. The van der Waals surface area contributed by atoms with Gasteiger partial charge in [-0.15, -0.1) is 10.2 Å². The molecular weight excluding hydrogens is 348 g/mol. The molecule has 0 spiro atoms. The van der Waals surface area contributed by atoms with E-state index >= 15 is 0 Å². The van der Waals surface area contributed by atoms with Gasteiger partial charge in [0.2, 0.25) is 5.91 Å². The van der Waals surface area contributed by atoms with Crippen LogP contribution in [0.5, 0.6) is 0 Å². The summed E-state index contributed by atoms with van der Waals surface area (Å²) in [5, 5.41) is 9.25. The fourth-order valence-corrected chi connectivity index (χ4v) is 4.04. The van der Waals surface area contributed by atoms with Gasteiger partial charge < -0.3 is 4.90 Å². The van der Waals surface area contributed by atoms with Gasteiger partial charge in [0.05, 0.1) is 5.75 Å². The van der Waals surface area contributed by atoms with Crippen LogP contribution in [0.25, 0.3) is 5.65 Å². The zero-order valence-corrected chi connectivity index (χ0v) is 15.4. The van der Waals surface area contributed by atoms with E-state index in [2.05, 4.69) is 20.2 Å². The summed E-state index contributed by atoms with van der Waals surface area (Å²) in [7, 11) is 0. The van der Waals surface area contributed by atoms with Crippen LogP contribution < -0.4 is 0 Å². The topological polar surface area (TPSA) is 76.3 Å². The Kier molecular flexibility index (Phi) is 4.83. The molecule has 1 atom stereocenters. The van der Waals surface area contributed by atoms with Gasteiger partial charge >= 0.3 is 0 Å². The summed E-state index contributed by atoms with van der Waals surface area (Å²) in [5.41, 5.74) is 1.75. The first-order chi connectivity index (χ1) is 12.7. The van der Waals surface area contributed by atoms with Gasteiger partial charge in [0, 0.05) is 37.1 Å². The van der Waals surface area contributed by atoms with Crippen LogP contribution in [0.15, 0.2) is 41.8 Å². The minimum Gasteiger partial charge on any atom is -0.341 e. The van der Waals surface area contributed by atoms with E-state index in [1.165, 1.54) is 11.8 Å². The van der Waals surface area contributed by atoms with Gasteiger partial charge in [-0.3, -0.25) is 9.20 Å². The molecule has 4 heterocycles. The molecule has 3 aromatic rings. The largest absolute Gasteiger partial charge is 0.341 e. The zero-order valence-electron chi connectivity index (χ0n) is 14.6. The molecule has 0 saturated carbocycles. The Morgan fingerprint density at radius 1 is 1.31 bits per heavy atom. The summed E-state index contributed by atoms with van der Waals surface area (Å²) < 4.78 is 2.02. The lowest BCUT2D eigenvalue weighted by Gasteiger charge is -2.31. The molecule has 0 unspecified atom stereocenters. The van der Waals surface area contributed by atoms with Crippen molar-refractivity contribution in [1.82, 2.24) is 29.5 Å². The molecule has 0 N–H and O–H groups in total. The highest BCUT2D eigenvalue weighted by Gasteiger charge is 2.27. The van der Waals surface area contributed by atoms with Crippen molar-refractivity contribution in [2.75, 3.05) is 18.8 Å². The molecule has 3 aromatic heterocycles. The normalized spacial score (nSPS) is 17.6. The van der Waals surface area contributed by atoms with Gasteiger partial charge in [-0.25, -0.2) is 9.97 Å². The first-order valence-electron chi connectivity index (χ1n) is 8.70. The maximum atomic E-state index is 12.6. The lowest BCUT2D eigenvalue weighted by atomic mass is 9.97. The fourth-order valence-electron chi connectivity index (χ4n) is 3.27. The van der Waals surface area contributed by atoms with Gasteiger partial charge in [-0.05, 0) is 38.0 Å². The summed E-state index contributed by atoms with van der Waals surface area (Å²) in [6.07, 6.45) is 5.70. The number of hydrogen-bond acceptors (Lipinski definition) is 6. The summed E-state index contributed by atoms with van der Waals surface area (Å²) in [6.45, 7) is 3.40. The van der Waals surface area contributed by atoms with Crippen LogP contribution in [-0.4, -0.2) is 54.2 Å². The zero-order chi connectivity index (χ0) is 17.9. The van der Waals surface area contributed by atoms with Gasteiger partial charge in [0.25, 0.3) is 0 Å². The SMILES string of the molecule is Cc1ccnc(SCC(=O)N2CCC[C@@H](c3nnc4ccccn34)C2)n1. The number of carbonyl (C=O) groups excluding carboxylic acids is 1. The fraction of sp³-hybridized carbons (Fsp3) is 0.389. The second kappa shape index (κ2) is 7.41. The Morgan fingerprint density at radius 2 is 2.23 bits per heavy atom. The molecule has 0 aliphatic carbocycles. The predicted octanol–water partition coefficient (Wildman–Crippen LogP) is 2.33. The average Bonchev–Trinajstić information content (AvgIpc) is 3.10. The summed E-state index contributed by atoms with van der Waals surface area (Å²) >= 11 is 1.39. The summed E-state index contributed by atoms with van der Waals surface area (Å²) in [5.74, 6) is 1.63. The Bertz CT molecular complexity index is 927. The molecule has 0 bridgehead atoms. The van der Waals surface area contributed by atoms with Crippen LogP contribution >= 0.6 is 11.8 Å². The van der Waals surface area contributed by atoms with E-state index in [9.17, 15) is 4.79 Å². The van der Waals surface area contributed by atoms with E-state index in [1.807, 2.05) is 46.7 Å². The third-order valence-electron chi connectivity index (χ3n) is 4.58. The molecule has 134 valence electrons. The second-order valence-corrected chi connectivity index (χ2v) is 7.38. The number of likely N-dealkylation sites (tertiary alicyclic amines) is 1. The molecule has 4 rings (SSSR count). The number of carbonyl (C=O) groups is 1. The molecule has 8 heteroatoms. The molecule has 1 amide bonds. The van der Waals surface area contributed by atoms with E-state index in [0.717, 1.165) is 36.6 Å². The standard InChI is InChI=1S/C18H20N6OS/c1-13-7-8-19-18(20-13)26-12-16(25)23-9-4-5-14(11-23)17-22-21-15-6-2-3-10-24(15)17/h2-3,6-8,10,14H,4-5,9,11-12H2,1H3/t14-/m1/s1. The third kappa shape index (κ3) is 3.55. The second-order valence-electron chi connectivity index (χ2n) is 6.44. The van der Waals surface area contributed by atoms with Crippen LogP contribution in [0.1, 0.15) is 30.3 Å². The van der Waals surface area contributed by atoms with Crippen molar-refractivity contribution >= 4 is 23.3 Å². The molecule has 7 nitrogen and oxygen atoms in total. The number of aryl methyl sites for hydroxylation is 1. The maximum absolute atomic E-state index is 12.6. The van der Waals surface area contributed by atoms with Gasteiger partial charge in [-0.2, -0.15) is 0 Å². The number of rotatable bonds is 4. The van der Waals surface area contributed by atoms with E-state index in [0.29, 0.717) is 17.5 Å². The van der Waals surface area contributed by atoms with E-state index in [4.69, 9.17) is 0 Å². The first-order valence-corrected chi connectivity index (χ1v) is 9.69. The molecule has 1 aliphatic heterocycles. The third-order valence-corrected chi connectivity index (χ3v) is 5.42. The minimum atomic E-state index is 0.124. The van der Waals surface area contributed by atoms with Crippen LogP contribution in [0, 0.1) is 6.92 Å². The highest BCUT2D eigenvalue weighted by Crippen LogP contribution is 2.26. The predicted molar refractivity (Wildman–Crippen MR) is 99.0 cm³/mol. The number of amides is 1. The number of hydrogen-bond donors (Lipinski definition) is 0. The number of piperidine rings is 1. The smallest absolute Gasteiger partial charge is 0.233 e. The van der Waals surface area contributed by atoms with E-state index in [-0.39, 0.29) is 11.8 Å². The summed E-state index contributed by atoms with van der Waals surface area (Å²) in [6, 6.07) is 7.73. The van der Waals surface area contributed by atoms with Gasteiger partial charge in [0.15, 0.2) is 10.8 Å². The highest BCUT2D eigenvalue weighted by atomic mass is 32.2. The van der Waals surface area contributed by atoms with Crippen molar-refractivity contribution in [3.05, 3.63) is 48.2 Å². The number of aromatic nitrogens is 5. The molecule has 0 aromatic carbocycles. The minimum absolute atomic E-state index is 0.124. The Hall–Kier alpha value is -2.48. The molecule has 1 saturated heterocycles. The van der Waals surface area contributed by atoms with Crippen molar-refractivity contribution < 1.29 is 4.79 Å². The number of pyridine rings is 1. The number of thioether (sulfide) groups is 1. The maximum Gasteiger partial charge on any atom is 0.233 e. The van der Waals surface area contributed by atoms with Crippen LogP contribution in [0.2, 0.25) is 0 Å². The van der Waals surface area contributed by atoms with E-state index in [1.54, 1.807) is 6.20 Å². The van der Waals surface area contributed by atoms with Crippen molar-refractivity contribution in [3.8, 4) is 0 Å². The van der Waals surface area contributed by atoms with Crippen molar-refractivity contribution in [3.63, 3.8) is 0 Å². The van der Waals surface area contributed by atoms with Crippen molar-refractivity contribution in [1.29, 1.82) is 0 Å². The van der Waals surface area contributed by atoms with Crippen molar-refractivity contribution in [2.24, 2.45) is 0 Å². The Labute approximate surface area is 155 Å². The number of fused-ring (bicyclic) bond motifs is 1. The lowest BCUT2D eigenvalue weighted by Crippen LogP contribution is -2.40. The first kappa shape index (κ1) is 17.0. The van der Waals surface area contributed by atoms with Crippen LogP contribution in [-0.2, 0) is 4.79 Å². The van der Waals surface area contributed by atoms with Crippen LogP contribution in [0.3, 0.4) is 0 Å². The van der Waals surface area contributed by atoms with E-state index < -0.39 is 0 Å². The Balaban J connectivity index is 1.42. The summed E-state index contributed by atoms with van der Waals surface area (Å²) in [4.78, 5) is 23.1. The lowest BCUT2D eigenvalue weighted by molar-refractivity contribution is -0.129. The van der Waals surface area contributed by atoms with Gasteiger partial charge in [0.1, 0.15) is 5.82 Å². The Morgan fingerprint density at radius 3 is 3.12 bits per heavy atom. The quantitative estimate of drug-likeness (QED) is 0.520. The molecule has 1 fully saturated rings.